The van der Waals surface area contributed by atoms with E-state index < -0.39 is 0 Å². The van der Waals surface area contributed by atoms with Gasteiger partial charge in [-0.25, -0.2) is 4.39 Å². The lowest BCUT2D eigenvalue weighted by molar-refractivity contribution is 0.182. The average molecular weight is 194 g/mol. The third kappa shape index (κ3) is 1.89. The van der Waals surface area contributed by atoms with Gasteiger partial charge in [0.05, 0.1) is 6.61 Å². The van der Waals surface area contributed by atoms with Gasteiger partial charge in [-0.3, -0.25) is 0 Å². The van der Waals surface area contributed by atoms with Crippen LogP contribution >= 0.6 is 0 Å². The topological polar surface area (TPSA) is 9.23 Å². The van der Waals surface area contributed by atoms with Crippen molar-refractivity contribution in [2.45, 2.75) is 26.7 Å². The molecule has 14 heavy (non-hydrogen) atoms. The van der Waals surface area contributed by atoms with E-state index in [9.17, 15) is 4.39 Å². The summed E-state index contributed by atoms with van der Waals surface area (Å²) in [5, 5.41) is 0. The Labute approximate surface area is 83.9 Å². The summed E-state index contributed by atoms with van der Waals surface area (Å²) in [5.41, 5.74) is 1.19. The van der Waals surface area contributed by atoms with Gasteiger partial charge in [-0.15, -0.1) is 0 Å². The highest BCUT2D eigenvalue weighted by Gasteiger charge is 2.23. The first-order valence-corrected chi connectivity index (χ1v) is 4.98. The number of halogens is 1. The Balaban J connectivity index is 2.30. The van der Waals surface area contributed by atoms with Crippen molar-refractivity contribution in [1.29, 1.82) is 0 Å². The molecule has 0 unspecified atom stereocenters. The quantitative estimate of drug-likeness (QED) is 0.616. The van der Waals surface area contributed by atoms with Crippen molar-refractivity contribution in [3.63, 3.8) is 0 Å². The van der Waals surface area contributed by atoms with E-state index in [1.165, 1.54) is 6.07 Å². The molecule has 1 aromatic rings. The van der Waals surface area contributed by atoms with Crippen LogP contribution in [0.4, 0.5) is 4.39 Å². The Morgan fingerprint density at radius 3 is 2.93 bits per heavy atom. The van der Waals surface area contributed by atoms with E-state index in [-0.39, 0.29) is 11.2 Å². The van der Waals surface area contributed by atoms with Crippen molar-refractivity contribution in [3.8, 4) is 5.75 Å². The van der Waals surface area contributed by atoms with Crippen LogP contribution in [-0.2, 0) is 6.42 Å². The van der Waals surface area contributed by atoms with Crippen LogP contribution in [0.25, 0.3) is 0 Å². The molecule has 0 aromatic heterocycles. The summed E-state index contributed by atoms with van der Waals surface area (Å²) in [6.45, 7) is 5.07. The van der Waals surface area contributed by atoms with Crippen LogP contribution in [0.5, 0.6) is 5.75 Å². The summed E-state index contributed by atoms with van der Waals surface area (Å²) in [4.78, 5) is 0. The lowest BCUT2D eigenvalue weighted by Crippen LogP contribution is -2.19. The molecule has 0 atom stereocenters. The normalized spacial score (nSPS) is 19.4. The van der Waals surface area contributed by atoms with Crippen LogP contribution in [0, 0.1) is 11.2 Å². The molecule has 0 radical (unpaired) electrons. The van der Waals surface area contributed by atoms with Crippen LogP contribution in [0.2, 0.25) is 0 Å². The van der Waals surface area contributed by atoms with Gasteiger partial charge in [-0.1, -0.05) is 13.8 Å². The monoisotopic (exact) mass is 194 g/mol. The minimum atomic E-state index is -0.174. The van der Waals surface area contributed by atoms with Crippen LogP contribution in [0.15, 0.2) is 18.2 Å². The molecule has 1 heterocycles. The van der Waals surface area contributed by atoms with E-state index in [2.05, 4.69) is 13.8 Å². The Bertz CT molecular complexity index is 344. The van der Waals surface area contributed by atoms with Crippen LogP contribution < -0.4 is 4.74 Å². The summed E-state index contributed by atoms with van der Waals surface area (Å²) < 4.78 is 18.6. The summed E-state index contributed by atoms with van der Waals surface area (Å²) in [7, 11) is 0. The molecule has 0 bridgehead atoms. The maximum atomic E-state index is 13.0. The smallest absolute Gasteiger partial charge is 0.123 e. The van der Waals surface area contributed by atoms with Gasteiger partial charge in [0, 0.05) is 0 Å². The van der Waals surface area contributed by atoms with Gasteiger partial charge in [0.2, 0.25) is 0 Å². The number of hydrogen-bond donors (Lipinski definition) is 0. The predicted octanol–water partition coefficient (Wildman–Crippen LogP) is 3.18. The standard InChI is InChI=1S/C12H15FO/c1-12(2)6-5-9-7-10(13)3-4-11(9)14-8-12/h3-4,7H,5-6,8H2,1-2H3. The second-order valence-corrected chi connectivity index (χ2v) is 4.70. The molecule has 2 heteroatoms. The molecule has 1 aliphatic heterocycles. The Kier molecular flexibility index (Phi) is 2.22. The van der Waals surface area contributed by atoms with E-state index in [4.69, 9.17) is 4.74 Å². The highest BCUT2D eigenvalue weighted by molar-refractivity contribution is 5.35. The fourth-order valence-electron chi connectivity index (χ4n) is 1.70. The minimum absolute atomic E-state index is 0.174. The average Bonchev–Trinajstić information content (AvgIpc) is 2.26. The van der Waals surface area contributed by atoms with Crippen molar-refractivity contribution >= 4 is 0 Å². The lowest BCUT2D eigenvalue weighted by atomic mass is 9.88. The molecule has 1 aromatic carbocycles. The van der Waals surface area contributed by atoms with E-state index in [1.54, 1.807) is 12.1 Å². The van der Waals surface area contributed by atoms with Crippen LogP contribution in [0.3, 0.4) is 0 Å². The minimum Gasteiger partial charge on any atom is -0.493 e. The van der Waals surface area contributed by atoms with Gasteiger partial charge >= 0.3 is 0 Å². The van der Waals surface area contributed by atoms with E-state index in [1.807, 2.05) is 0 Å². The molecule has 0 saturated heterocycles. The van der Waals surface area contributed by atoms with Crippen LogP contribution in [0.1, 0.15) is 25.8 Å². The molecular formula is C12H15FO. The predicted molar refractivity (Wildman–Crippen MR) is 54.0 cm³/mol. The number of ether oxygens (including phenoxy) is 1. The Morgan fingerprint density at radius 2 is 2.14 bits per heavy atom. The van der Waals surface area contributed by atoms with Gasteiger partial charge in [0.1, 0.15) is 11.6 Å². The van der Waals surface area contributed by atoms with Crippen molar-refractivity contribution < 1.29 is 9.13 Å². The molecule has 2 rings (SSSR count). The second-order valence-electron chi connectivity index (χ2n) is 4.70. The number of rotatable bonds is 0. The molecule has 0 aliphatic carbocycles. The Hall–Kier alpha value is -1.05. The molecule has 76 valence electrons. The zero-order chi connectivity index (χ0) is 10.2. The maximum absolute atomic E-state index is 13.0. The SMILES string of the molecule is CC1(C)CCc2cc(F)ccc2OC1. The zero-order valence-electron chi connectivity index (χ0n) is 8.64. The zero-order valence-corrected chi connectivity index (χ0v) is 8.64. The lowest BCUT2D eigenvalue weighted by Gasteiger charge is -2.20. The highest BCUT2D eigenvalue weighted by atomic mass is 19.1. The van der Waals surface area contributed by atoms with Gasteiger partial charge in [0.15, 0.2) is 0 Å². The van der Waals surface area contributed by atoms with E-state index >= 15 is 0 Å². The highest BCUT2D eigenvalue weighted by Crippen LogP contribution is 2.32. The fourth-order valence-corrected chi connectivity index (χ4v) is 1.70. The first-order chi connectivity index (χ1) is 6.57. The molecule has 0 N–H and O–H groups in total. The number of benzene rings is 1. The van der Waals surface area contributed by atoms with Gasteiger partial charge in [0.25, 0.3) is 0 Å². The second kappa shape index (κ2) is 3.26. The van der Waals surface area contributed by atoms with Gasteiger partial charge in [-0.2, -0.15) is 0 Å². The summed E-state index contributed by atoms with van der Waals surface area (Å²) >= 11 is 0. The number of hydrogen-bond acceptors (Lipinski definition) is 1. The third-order valence-corrected chi connectivity index (χ3v) is 2.71. The summed E-state index contributed by atoms with van der Waals surface area (Å²) in [6, 6.07) is 4.76. The molecule has 1 nitrogen and oxygen atoms in total. The molecule has 1 aliphatic rings. The largest absolute Gasteiger partial charge is 0.493 e. The molecular weight excluding hydrogens is 179 g/mol. The van der Waals surface area contributed by atoms with Gasteiger partial charge in [-0.05, 0) is 42.0 Å². The van der Waals surface area contributed by atoms with Crippen molar-refractivity contribution in [2.75, 3.05) is 6.61 Å². The van der Waals surface area contributed by atoms with E-state index in [0.29, 0.717) is 6.61 Å². The molecule has 0 amide bonds. The maximum Gasteiger partial charge on any atom is 0.123 e. The first kappa shape index (κ1) is 9.50. The van der Waals surface area contributed by atoms with Gasteiger partial charge < -0.3 is 4.74 Å². The molecule has 0 fully saturated rings. The fraction of sp³-hybridized carbons (Fsp3) is 0.500. The van der Waals surface area contributed by atoms with Crippen molar-refractivity contribution in [3.05, 3.63) is 29.6 Å². The summed E-state index contributed by atoms with van der Waals surface area (Å²) in [6.07, 6.45) is 1.95. The van der Waals surface area contributed by atoms with E-state index in [0.717, 1.165) is 24.2 Å². The first-order valence-electron chi connectivity index (χ1n) is 4.98. The third-order valence-electron chi connectivity index (χ3n) is 2.71. The van der Waals surface area contributed by atoms with Crippen molar-refractivity contribution in [2.24, 2.45) is 5.41 Å². The van der Waals surface area contributed by atoms with Crippen molar-refractivity contribution in [1.82, 2.24) is 0 Å². The summed E-state index contributed by atoms with van der Waals surface area (Å²) in [5.74, 6) is 0.670. The van der Waals surface area contributed by atoms with Crippen LogP contribution in [-0.4, -0.2) is 6.61 Å². The molecule has 0 saturated carbocycles. The Morgan fingerprint density at radius 1 is 1.36 bits per heavy atom. The number of aryl methyl sites for hydroxylation is 1. The number of fused-ring (bicyclic) bond motifs is 1. The molecule has 0 spiro atoms.